The first kappa shape index (κ1) is 22.3. The van der Waals surface area contributed by atoms with E-state index < -0.39 is 11.8 Å². The van der Waals surface area contributed by atoms with E-state index in [4.69, 9.17) is 0 Å². The van der Waals surface area contributed by atoms with Gasteiger partial charge < -0.3 is 15.5 Å². The number of para-hydroxylation sites is 1. The van der Waals surface area contributed by atoms with Crippen LogP contribution in [-0.4, -0.2) is 49.9 Å². The number of nitrogens with zero attached hydrogens (tertiary/aromatic N) is 2. The van der Waals surface area contributed by atoms with Crippen molar-refractivity contribution in [3.8, 4) is 0 Å². The number of carbonyl (C=O) groups excluding carboxylic acids is 2. The predicted octanol–water partition coefficient (Wildman–Crippen LogP) is 3.58. The molecule has 6 nitrogen and oxygen atoms in total. The molecule has 0 radical (unpaired) electrons. The minimum absolute atomic E-state index is 0.0759. The number of anilines is 2. The summed E-state index contributed by atoms with van der Waals surface area (Å²) in [6.45, 7) is 7.41. The zero-order chi connectivity index (χ0) is 22.7. The Kier molecular flexibility index (Phi) is 6.80. The minimum Gasteiger partial charge on any atom is -0.374 e. The third kappa shape index (κ3) is 4.80. The molecule has 2 aliphatic rings. The lowest BCUT2D eigenvalue weighted by Gasteiger charge is -2.31. The largest absolute Gasteiger partial charge is 0.374 e. The number of fused-ring (bicyclic) bond motifs is 1. The lowest BCUT2D eigenvalue weighted by molar-refractivity contribution is -0.136. The quantitative estimate of drug-likeness (QED) is 0.706. The van der Waals surface area contributed by atoms with Gasteiger partial charge in [-0.25, -0.2) is 0 Å². The molecule has 1 atom stereocenters. The van der Waals surface area contributed by atoms with E-state index in [1.54, 1.807) is 0 Å². The summed E-state index contributed by atoms with van der Waals surface area (Å²) in [5, 5.41) is 5.69. The SMILES string of the molecule is Cc1cccc(C)c1NC(=O)C(=O)NCC(c1ccc2c(c1)CCCN2C)N1CCCC1. The van der Waals surface area contributed by atoms with E-state index in [0.29, 0.717) is 12.2 Å². The molecule has 170 valence electrons. The third-order valence-electron chi connectivity index (χ3n) is 6.80. The maximum atomic E-state index is 12.6. The molecule has 32 heavy (non-hydrogen) atoms. The number of hydrogen-bond acceptors (Lipinski definition) is 4. The van der Waals surface area contributed by atoms with Crippen LogP contribution in [0, 0.1) is 13.8 Å². The van der Waals surface area contributed by atoms with Crippen LogP contribution < -0.4 is 15.5 Å². The summed E-state index contributed by atoms with van der Waals surface area (Å²) >= 11 is 0. The van der Waals surface area contributed by atoms with Gasteiger partial charge in [-0.2, -0.15) is 0 Å². The van der Waals surface area contributed by atoms with Crippen molar-refractivity contribution < 1.29 is 9.59 Å². The van der Waals surface area contributed by atoms with Crippen molar-refractivity contribution in [1.82, 2.24) is 10.2 Å². The Morgan fingerprint density at radius 3 is 2.41 bits per heavy atom. The fourth-order valence-electron chi connectivity index (χ4n) is 4.98. The van der Waals surface area contributed by atoms with Crippen molar-refractivity contribution in [2.24, 2.45) is 0 Å². The van der Waals surface area contributed by atoms with Crippen LogP contribution in [0.5, 0.6) is 0 Å². The maximum absolute atomic E-state index is 12.6. The number of amides is 2. The smallest absolute Gasteiger partial charge is 0.313 e. The Morgan fingerprint density at radius 1 is 0.969 bits per heavy atom. The van der Waals surface area contributed by atoms with E-state index >= 15 is 0 Å². The molecule has 0 bridgehead atoms. The van der Waals surface area contributed by atoms with Crippen molar-refractivity contribution in [3.05, 3.63) is 58.7 Å². The van der Waals surface area contributed by atoms with Gasteiger partial charge in [0.2, 0.25) is 0 Å². The molecule has 2 aromatic carbocycles. The van der Waals surface area contributed by atoms with E-state index in [2.05, 4.69) is 45.7 Å². The highest BCUT2D eigenvalue weighted by atomic mass is 16.2. The van der Waals surface area contributed by atoms with Crippen molar-refractivity contribution in [1.29, 1.82) is 0 Å². The molecular formula is C26H34N4O2. The maximum Gasteiger partial charge on any atom is 0.313 e. The summed E-state index contributed by atoms with van der Waals surface area (Å²) in [5.41, 5.74) is 6.50. The third-order valence-corrected chi connectivity index (χ3v) is 6.80. The van der Waals surface area contributed by atoms with Gasteiger partial charge in [0.1, 0.15) is 0 Å². The molecule has 6 heteroatoms. The van der Waals surface area contributed by atoms with Crippen molar-refractivity contribution in [2.45, 2.75) is 45.6 Å². The molecule has 1 fully saturated rings. The topological polar surface area (TPSA) is 64.7 Å². The van der Waals surface area contributed by atoms with Gasteiger partial charge >= 0.3 is 11.8 Å². The van der Waals surface area contributed by atoms with Crippen LogP contribution in [0.3, 0.4) is 0 Å². The second-order valence-electron chi connectivity index (χ2n) is 9.10. The molecule has 0 aliphatic carbocycles. The van der Waals surface area contributed by atoms with Gasteiger partial charge in [-0.1, -0.05) is 30.3 Å². The molecule has 2 aromatic rings. The van der Waals surface area contributed by atoms with Crippen LogP contribution in [0.25, 0.3) is 0 Å². The lowest BCUT2D eigenvalue weighted by Crippen LogP contribution is -2.41. The summed E-state index contributed by atoms with van der Waals surface area (Å²) in [6, 6.07) is 12.6. The van der Waals surface area contributed by atoms with Gasteiger partial charge in [-0.05, 0) is 80.9 Å². The van der Waals surface area contributed by atoms with Crippen molar-refractivity contribution in [3.63, 3.8) is 0 Å². The molecular weight excluding hydrogens is 400 g/mol. The highest BCUT2D eigenvalue weighted by Gasteiger charge is 2.26. The summed E-state index contributed by atoms with van der Waals surface area (Å²) in [7, 11) is 2.14. The van der Waals surface area contributed by atoms with Gasteiger partial charge in [-0.15, -0.1) is 0 Å². The average Bonchev–Trinajstić information content (AvgIpc) is 3.31. The van der Waals surface area contributed by atoms with Gasteiger partial charge in [0, 0.05) is 31.5 Å². The first-order valence-electron chi connectivity index (χ1n) is 11.7. The molecule has 4 rings (SSSR count). The predicted molar refractivity (Wildman–Crippen MR) is 129 cm³/mol. The summed E-state index contributed by atoms with van der Waals surface area (Å²) in [4.78, 5) is 30.0. The first-order valence-corrected chi connectivity index (χ1v) is 11.7. The molecule has 1 saturated heterocycles. The van der Waals surface area contributed by atoms with E-state index in [0.717, 1.165) is 43.6 Å². The number of carbonyl (C=O) groups is 2. The zero-order valence-corrected chi connectivity index (χ0v) is 19.4. The number of rotatable bonds is 5. The van der Waals surface area contributed by atoms with Gasteiger partial charge in [0.25, 0.3) is 0 Å². The Balaban J connectivity index is 1.46. The Labute approximate surface area is 191 Å². The van der Waals surface area contributed by atoms with E-state index in [1.165, 1.54) is 29.7 Å². The summed E-state index contributed by atoms with van der Waals surface area (Å²) in [5.74, 6) is -1.20. The Hall–Kier alpha value is -2.86. The molecule has 0 spiro atoms. The number of benzene rings is 2. The van der Waals surface area contributed by atoms with Crippen LogP contribution in [0.2, 0.25) is 0 Å². The molecule has 2 heterocycles. The molecule has 0 aromatic heterocycles. The molecule has 2 amide bonds. The Morgan fingerprint density at radius 2 is 1.69 bits per heavy atom. The van der Waals surface area contributed by atoms with Crippen LogP contribution >= 0.6 is 0 Å². The number of likely N-dealkylation sites (tertiary alicyclic amines) is 1. The van der Waals surface area contributed by atoms with Gasteiger partial charge in [-0.3, -0.25) is 14.5 Å². The Bertz CT molecular complexity index is 977. The van der Waals surface area contributed by atoms with Crippen LogP contribution in [0.4, 0.5) is 11.4 Å². The first-order chi connectivity index (χ1) is 15.4. The summed E-state index contributed by atoms with van der Waals surface area (Å²) in [6.07, 6.45) is 4.59. The summed E-state index contributed by atoms with van der Waals surface area (Å²) < 4.78 is 0. The fourth-order valence-corrected chi connectivity index (χ4v) is 4.98. The molecule has 2 N–H and O–H groups in total. The van der Waals surface area contributed by atoms with E-state index in [1.807, 2.05) is 32.0 Å². The van der Waals surface area contributed by atoms with Gasteiger partial charge in [0.15, 0.2) is 0 Å². The van der Waals surface area contributed by atoms with Crippen molar-refractivity contribution in [2.75, 3.05) is 43.4 Å². The monoisotopic (exact) mass is 434 g/mol. The standard InChI is InChI=1S/C26H34N4O2/c1-18-8-6-9-19(2)24(18)28-26(32)25(31)27-17-23(30-14-4-5-15-30)21-11-12-22-20(16-21)10-7-13-29(22)3/h6,8-9,11-12,16,23H,4-5,7,10,13-15,17H2,1-3H3,(H,27,31)(H,28,32). The van der Waals surface area contributed by atoms with Crippen molar-refractivity contribution >= 4 is 23.2 Å². The molecule has 1 unspecified atom stereocenters. The van der Waals surface area contributed by atoms with E-state index in [-0.39, 0.29) is 6.04 Å². The second kappa shape index (κ2) is 9.74. The molecule has 2 aliphatic heterocycles. The number of hydrogen-bond donors (Lipinski definition) is 2. The minimum atomic E-state index is -0.616. The second-order valence-corrected chi connectivity index (χ2v) is 9.10. The number of nitrogens with one attached hydrogen (secondary N) is 2. The highest BCUT2D eigenvalue weighted by molar-refractivity contribution is 6.39. The highest BCUT2D eigenvalue weighted by Crippen LogP contribution is 2.32. The molecule has 0 saturated carbocycles. The zero-order valence-electron chi connectivity index (χ0n) is 19.4. The number of aryl methyl sites for hydroxylation is 3. The van der Waals surface area contributed by atoms with Crippen LogP contribution in [0.15, 0.2) is 36.4 Å². The van der Waals surface area contributed by atoms with E-state index in [9.17, 15) is 9.59 Å². The average molecular weight is 435 g/mol. The van der Waals surface area contributed by atoms with Crippen LogP contribution in [-0.2, 0) is 16.0 Å². The lowest BCUT2D eigenvalue weighted by atomic mass is 9.96. The fraction of sp³-hybridized carbons (Fsp3) is 0.462. The normalized spacial score (nSPS) is 17.0. The van der Waals surface area contributed by atoms with Gasteiger partial charge in [0.05, 0.1) is 6.04 Å². The van der Waals surface area contributed by atoms with Crippen LogP contribution in [0.1, 0.15) is 47.6 Å².